The van der Waals surface area contributed by atoms with E-state index < -0.39 is 10.0 Å². The summed E-state index contributed by atoms with van der Waals surface area (Å²) in [7, 11) is -3.73. The second-order valence-corrected chi connectivity index (χ2v) is 8.18. The van der Waals surface area contributed by atoms with E-state index in [1.54, 1.807) is 26.0 Å². The van der Waals surface area contributed by atoms with Crippen molar-refractivity contribution in [2.45, 2.75) is 32.2 Å². The van der Waals surface area contributed by atoms with Gasteiger partial charge in [-0.2, -0.15) is 9.40 Å². The first kappa shape index (κ1) is 19.3. The van der Waals surface area contributed by atoms with Gasteiger partial charge in [-0.1, -0.05) is 37.3 Å². The van der Waals surface area contributed by atoms with Crippen molar-refractivity contribution in [1.29, 1.82) is 0 Å². The van der Waals surface area contributed by atoms with E-state index in [1.165, 1.54) is 21.1 Å². The summed E-state index contributed by atoms with van der Waals surface area (Å²) < 4.78 is 42.8. The van der Waals surface area contributed by atoms with Crippen LogP contribution in [0.1, 0.15) is 23.9 Å². The molecular formula is C20H22FN3O2S. The zero-order valence-electron chi connectivity index (χ0n) is 15.6. The van der Waals surface area contributed by atoms with Gasteiger partial charge in [-0.3, -0.25) is 0 Å². The smallest absolute Gasteiger partial charge is 0.236 e. The SMILES string of the molecule is CCN(Cc1ccccc1)S(=O)(=O)c1c(C)nn(-c2ccc(F)cc2)c1C. The van der Waals surface area contributed by atoms with Gasteiger partial charge in [0, 0.05) is 13.1 Å². The van der Waals surface area contributed by atoms with Crippen LogP contribution in [0.2, 0.25) is 0 Å². The molecule has 1 aromatic heterocycles. The molecule has 3 rings (SSSR count). The lowest BCUT2D eigenvalue weighted by Gasteiger charge is -2.21. The Morgan fingerprint density at radius 1 is 1.04 bits per heavy atom. The predicted molar refractivity (Wildman–Crippen MR) is 103 cm³/mol. The summed E-state index contributed by atoms with van der Waals surface area (Å²) in [6, 6.07) is 15.3. The molecule has 0 N–H and O–H groups in total. The van der Waals surface area contributed by atoms with Crippen LogP contribution in [0, 0.1) is 19.7 Å². The molecule has 0 amide bonds. The Hall–Kier alpha value is -2.51. The highest BCUT2D eigenvalue weighted by atomic mass is 32.2. The minimum absolute atomic E-state index is 0.199. The third kappa shape index (κ3) is 3.79. The molecule has 1 heterocycles. The molecule has 27 heavy (non-hydrogen) atoms. The van der Waals surface area contributed by atoms with Gasteiger partial charge in [-0.05, 0) is 43.7 Å². The maximum absolute atomic E-state index is 13.3. The lowest BCUT2D eigenvalue weighted by molar-refractivity contribution is 0.422. The molecule has 0 unspecified atom stereocenters. The second kappa shape index (κ2) is 7.62. The summed E-state index contributed by atoms with van der Waals surface area (Å²) in [5.41, 5.74) is 2.46. The quantitative estimate of drug-likeness (QED) is 0.646. The highest BCUT2D eigenvalue weighted by Crippen LogP contribution is 2.26. The van der Waals surface area contributed by atoms with E-state index >= 15 is 0 Å². The molecule has 0 fully saturated rings. The van der Waals surface area contributed by atoms with Gasteiger partial charge < -0.3 is 0 Å². The van der Waals surface area contributed by atoms with Gasteiger partial charge in [0.2, 0.25) is 10.0 Å². The maximum Gasteiger partial charge on any atom is 0.247 e. The highest BCUT2D eigenvalue weighted by molar-refractivity contribution is 7.89. The van der Waals surface area contributed by atoms with Crippen LogP contribution >= 0.6 is 0 Å². The molecule has 142 valence electrons. The van der Waals surface area contributed by atoms with Crippen LogP contribution in [0.25, 0.3) is 5.69 Å². The number of aryl methyl sites for hydroxylation is 1. The van der Waals surface area contributed by atoms with Gasteiger partial charge in [0.05, 0.1) is 17.1 Å². The van der Waals surface area contributed by atoms with E-state index in [1.807, 2.05) is 37.3 Å². The van der Waals surface area contributed by atoms with Gasteiger partial charge in [-0.15, -0.1) is 0 Å². The zero-order chi connectivity index (χ0) is 19.6. The molecule has 0 saturated heterocycles. The summed E-state index contributed by atoms with van der Waals surface area (Å²) in [4.78, 5) is 0.199. The number of hydrogen-bond acceptors (Lipinski definition) is 3. The number of nitrogens with zero attached hydrogens (tertiary/aromatic N) is 3. The van der Waals surface area contributed by atoms with Crippen molar-refractivity contribution in [1.82, 2.24) is 14.1 Å². The standard InChI is InChI=1S/C20H22FN3O2S/c1-4-23(14-17-8-6-5-7-9-17)27(25,26)20-15(2)22-24(16(20)3)19-12-10-18(21)11-13-19/h5-13H,4,14H2,1-3H3. The lowest BCUT2D eigenvalue weighted by Crippen LogP contribution is -2.31. The van der Waals surface area contributed by atoms with Crippen molar-refractivity contribution in [2.75, 3.05) is 6.54 Å². The average Bonchev–Trinajstić information content (AvgIpc) is 2.96. The Labute approximate surface area is 159 Å². The van der Waals surface area contributed by atoms with Gasteiger partial charge in [0.1, 0.15) is 10.7 Å². The van der Waals surface area contributed by atoms with Crippen molar-refractivity contribution in [3.05, 3.63) is 77.4 Å². The first-order valence-corrected chi connectivity index (χ1v) is 10.1. The molecule has 0 atom stereocenters. The van der Waals surface area contributed by atoms with Crippen LogP contribution in [0.4, 0.5) is 4.39 Å². The first-order chi connectivity index (χ1) is 12.8. The van der Waals surface area contributed by atoms with Gasteiger partial charge in [0.25, 0.3) is 0 Å². The molecule has 0 aliphatic rings. The van der Waals surface area contributed by atoms with Crippen molar-refractivity contribution in [3.8, 4) is 5.69 Å². The molecule has 0 spiro atoms. The average molecular weight is 387 g/mol. The largest absolute Gasteiger partial charge is 0.247 e. The van der Waals surface area contributed by atoms with Crippen molar-refractivity contribution in [2.24, 2.45) is 0 Å². The van der Waals surface area contributed by atoms with Gasteiger partial charge >= 0.3 is 0 Å². The topological polar surface area (TPSA) is 55.2 Å². The number of rotatable bonds is 6. The highest BCUT2D eigenvalue weighted by Gasteiger charge is 2.30. The van der Waals surface area contributed by atoms with E-state index in [-0.39, 0.29) is 10.7 Å². The van der Waals surface area contributed by atoms with E-state index in [0.29, 0.717) is 30.2 Å². The summed E-state index contributed by atoms with van der Waals surface area (Å²) in [6.07, 6.45) is 0. The van der Waals surface area contributed by atoms with Gasteiger partial charge in [-0.25, -0.2) is 17.5 Å². The maximum atomic E-state index is 13.3. The van der Waals surface area contributed by atoms with Crippen LogP contribution in [-0.4, -0.2) is 29.0 Å². The number of hydrogen-bond donors (Lipinski definition) is 0. The monoisotopic (exact) mass is 387 g/mol. The Bertz CT molecular complexity index is 1030. The third-order valence-electron chi connectivity index (χ3n) is 4.45. The van der Waals surface area contributed by atoms with Crippen LogP contribution in [0.15, 0.2) is 59.5 Å². The summed E-state index contributed by atoms with van der Waals surface area (Å²) in [5.74, 6) is -0.354. The van der Waals surface area contributed by atoms with Crippen molar-refractivity contribution < 1.29 is 12.8 Å². The number of aromatic nitrogens is 2. The van der Waals surface area contributed by atoms with Crippen LogP contribution in [0.3, 0.4) is 0 Å². The fourth-order valence-electron chi connectivity index (χ4n) is 3.12. The molecular weight excluding hydrogens is 365 g/mol. The molecule has 0 bridgehead atoms. The molecule has 7 heteroatoms. The third-order valence-corrected chi connectivity index (χ3v) is 6.62. The van der Waals surface area contributed by atoms with Gasteiger partial charge in [0.15, 0.2) is 0 Å². The minimum atomic E-state index is -3.73. The molecule has 3 aromatic rings. The van der Waals surface area contributed by atoms with E-state index in [9.17, 15) is 12.8 Å². The van der Waals surface area contributed by atoms with E-state index in [0.717, 1.165) is 5.56 Å². The number of sulfonamides is 1. The van der Waals surface area contributed by atoms with Crippen LogP contribution in [0.5, 0.6) is 0 Å². The first-order valence-electron chi connectivity index (χ1n) is 8.71. The number of halogens is 1. The molecule has 2 aromatic carbocycles. The Morgan fingerprint density at radius 3 is 2.26 bits per heavy atom. The molecule has 0 saturated carbocycles. The van der Waals surface area contributed by atoms with Crippen LogP contribution in [-0.2, 0) is 16.6 Å². The summed E-state index contributed by atoms with van der Waals surface area (Å²) >= 11 is 0. The summed E-state index contributed by atoms with van der Waals surface area (Å²) in [5, 5.41) is 4.39. The summed E-state index contributed by atoms with van der Waals surface area (Å²) in [6.45, 7) is 5.84. The fourth-order valence-corrected chi connectivity index (χ4v) is 4.91. The van der Waals surface area contributed by atoms with Crippen molar-refractivity contribution >= 4 is 10.0 Å². The normalized spacial score (nSPS) is 11.9. The number of benzene rings is 2. The minimum Gasteiger partial charge on any atom is -0.236 e. The Balaban J connectivity index is 2.02. The zero-order valence-corrected chi connectivity index (χ0v) is 16.4. The molecule has 0 aliphatic carbocycles. The van der Waals surface area contributed by atoms with Crippen LogP contribution < -0.4 is 0 Å². The Morgan fingerprint density at radius 2 is 1.67 bits per heavy atom. The molecule has 0 aliphatic heterocycles. The van der Waals surface area contributed by atoms with E-state index in [4.69, 9.17) is 0 Å². The second-order valence-electron chi connectivity index (χ2n) is 6.30. The Kier molecular flexibility index (Phi) is 5.43. The fraction of sp³-hybridized carbons (Fsp3) is 0.250. The van der Waals surface area contributed by atoms with E-state index in [2.05, 4.69) is 5.10 Å². The van der Waals surface area contributed by atoms with Crippen molar-refractivity contribution in [3.63, 3.8) is 0 Å². The predicted octanol–water partition coefficient (Wildman–Crippen LogP) is 3.84. The molecule has 5 nitrogen and oxygen atoms in total. The molecule has 0 radical (unpaired) electrons. The lowest BCUT2D eigenvalue weighted by atomic mass is 10.2.